The lowest BCUT2D eigenvalue weighted by atomic mass is 10.2. The molecule has 1 aromatic carbocycles. The zero-order valence-electron chi connectivity index (χ0n) is 15.4. The fourth-order valence-electron chi connectivity index (χ4n) is 2.90. The minimum atomic E-state index is -0.112. The SMILES string of the molecule is CCOc1cc(/C=C2\SC(=S)N(C)C2=O)ccc1OCC(=O)N1CCCC1. The monoisotopic (exact) mass is 406 g/mol. The van der Waals surface area contributed by atoms with Gasteiger partial charge in [-0.25, -0.2) is 0 Å². The number of hydrogen-bond acceptors (Lipinski definition) is 6. The van der Waals surface area contributed by atoms with Crippen molar-refractivity contribution >= 4 is 46.2 Å². The first kappa shape index (κ1) is 19.7. The van der Waals surface area contributed by atoms with Gasteiger partial charge in [0.1, 0.15) is 4.32 Å². The molecule has 2 saturated heterocycles. The van der Waals surface area contributed by atoms with Crippen molar-refractivity contribution in [2.24, 2.45) is 0 Å². The molecule has 0 saturated carbocycles. The molecule has 2 heterocycles. The number of nitrogens with zero attached hydrogens (tertiary/aromatic N) is 2. The van der Waals surface area contributed by atoms with Crippen LogP contribution in [0.5, 0.6) is 11.5 Å². The average molecular weight is 407 g/mol. The van der Waals surface area contributed by atoms with Crippen LogP contribution in [0.2, 0.25) is 0 Å². The number of ether oxygens (including phenoxy) is 2. The van der Waals surface area contributed by atoms with Gasteiger partial charge in [0.2, 0.25) is 0 Å². The number of thiocarbonyl (C=S) groups is 1. The van der Waals surface area contributed by atoms with E-state index >= 15 is 0 Å². The van der Waals surface area contributed by atoms with E-state index in [2.05, 4.69) is 0 Å². The summed E-state index contributed by atoms with van der Waals surface area (Å²) in [5.41, 5.74) is 0.811. The molecule has 0 atom stereocenters. The number of likely N-dealkylation sites (N-methyl/N-ethyl adjacent to an activating group) is 1. The maximum absolute atomic E-state index is 12.2. The Morgan fingerprint density at radius 2 is 2.00 bits per heavy atom. The highest BCUT2D eigenvalue weighted by molar-refractivity contribution is 8.26. The van der Waals surface area contributed by atoms with Gasteiger partial charge in [-0.2, -0.15) is 0 Å². The van der Waals surface area contributed by atoms with Crippen molar-refractivity contribution < 1.29 is 19.1 Å². The molecule has 0 bridgehead atoms. The lowest BCUT2D eigenvalue weighted by Crippen LogP contribution is -2.32. The Morgan fingerprint density at radius 1 is 1.26 bits per heavy atom. The highest BCUT2D eigenvalue weighted by atomic mass is 32.2. The molecule has 1 aromatic rings. The highest BCUT2D eigenvalue weighted by Gasteiger charge is 2.28. The van der Waals surface area contributed by atoms with Crippen LogP contribution in [0, 0.1) is 0 Å². The molecule has 0 N–H and O–H groups in total. The fourth-order valence-corrected chi connectivity index (χ4v) is 4.08. The van der Waals surface area contributed by atoms with Crippen LogP contribution in [0.25, 0.3) is 6.08 Å². The van der Waals surface area contributed by atoms with Crippen LogP contribution in [0.4, 0.5) is 0 Å². The number of amides is 2. The maximum Gasteiger partial charge on any atom is 0.265 e. The number of carbonyl (C=O) groups is 2. The molecule has 2 fully saturated rings. The van der Waals surface area contributed by atoms with Crippen LogP contribution in [0.3, 0.4) is 0 Å². The van der Waals surface area contributed by atoms with Crippen LogP contribution < -0.4 is 9.47 Å². The van der Waals surface area contributed by atoms with E-state index < -0.39 is 0 Å². The molecule has 8 heteroatoms. The van der Waals surface area contributed by atoms with E-state index in [1.54, 1.807) is 25.3 Å². The number of benzene rings is 1. The van der Waals surface area contributed by atoms with E-state index in [4.69, 9.17) is 21.7 Å². The molecule has 0 aliphatic carbocycles. The van der Waals surface area contributed by atoms with Gasteiger partial charge in [-0.1, -0.05) is 30.0 Å². The zero-order valence-corrected chi connectivity index (χ0v) is 17.0. The van der Waals surface area contributed by atoms with Gasteiger partial charge in [0, 0.05) is 20.1 Å². The molecule has 0 spiro atoms. The molecule has 0 aromatic heterocycles. The maximum atomic E-state index is 12.2. The molecule has 144 valence electrons. The van der Waals surface area contributed by atoms with Crippen LogP contribution in [0.15, 0.2) is 23.1 Å². The summed E-state index contributed by atoms with van der Waals surface area (Å²) in [6.07, 6.45) is 3.88. The van der Waals surface area contributed by atoms with E-state index in [0.717, 1.165) is 31.5 Å². The van der Waals surface area contributed by atoms with E-state index in [-0.39, 0.29) is 18.4 Å². The molecular weight excluding hydrogens is 384 g/mol. The minimum Gasteiger partial charge on any atom is -0.490 e. The Balaban J connectivity index is 1.73. The summed E-state index contributed by atoms with van der Waals surface area (Å²) in [7, 11) is 1.67. The second-order valence-electron chi connectivity index (χ2n) is 6.26. The summed E-state index contributed by atoms with van der Waals surface area (Å²) in [5.74, 6) is 0.946. The van der Waals surface area contributed by atoms with Crippen molar-refractivity contribution in [2.45, 2.75) is 19.8 Å². The molecule has 2 aliphatic rings. The lowest BCUT2D eigenvalue weighted by Gasteiger charge is -2.17. The number of thioether (sulfide) groups is 1. The lowest BCUT2D eigenvalue weighted by molar-refractivity contribution is -0.132. The van der Waals surface area contributed by atoms with Crippen molar-refractivity contribution in [2.75, 3.05) is 33.4 Å². The van der Waals surface area contributed by atoms with Gasteiger partial charge < -0.3 is 14.4 Å². The quantitative estimate of drug-likeness (QED) is 0.535. The molecule has 2 aliphatic heterocycles. The number of likely N-dealkylation sites (tertiary alicyclic amines) is 1. The van der Waals surface area contributed by atoms with Gasteiger partial charge in [0.25, 0.3) is 11.8 Å². The summed E-state index contributed by atoms with van der Waals surface area (Å²) in [6, 6.07) is 5.41. The molecule has 6 nitrogen and oxygen atoms in total. The number of carbonyl (C=O) groups excluding carboxylic acids is 2. The molecule has 0 radical (unpaired) electrons. The normalized spacial score (nSPS) is 18.5. The first-order chi connectivity index (χ1) is 13.0. The van der Waals surface area contributed by atoms with Gasteiger partial charge in [-0.15, -0.1) is 0 Å². The predicted molar refractivity (Wildman–Crippen MR) is 110 cm³/mol. The van der Waals surface area contributed by atoms with Gasteiger partial charge in [-0.3, -0.25) is 14.5 Å². The van der Waals surface area contributed by atoms with Crippen molar-refractivity contribution in [1.29, 1.82) is 0 Å². The third kappa shape index (κ3) is 4.62. The van der Waals surface area contributed by atoms with E-state index in [1.807, 2.05) is 17.9 Å². The van der Waals surface area contributed by atoms with Crippen molar-refractivity contribution in [1.82, 2.24) is 9.80 Å². The predicted octanol–water partition coefficient (Wildman–Crippen LogP) is 2.92. The van der Waals surface area contributed by atoms with Crippen LogP contribution >= 0.6 is 24.0 Å². The third-order valence-corrected chi connectivity index (χ3v) is 5.85. The van der Waals surface area contributed by atoms with Gasteiger partial charge in [0.15, 0.2) is 18.1 Å². The fraction of sp³-hybridized carbons (Fsp3) is 0.421. The Morgan fingerprint density at radius 3 is 2.63 bits per heavy atom. The number of rotatable bonds is 6. The second-order valence-corrected chi connectivity index (χ2v) is 7.93. The Hall–Kier alpha value is -2.06. The van der Waals surface area contributed by atoms with Crippen molar-refractivity contribution in [3.05, 3.63) is 28.7 Å². The summed E-state index contributed by atoms with van der Waals surface area (Å²) < 4.78 is 11.9. The van der Waals surface area contributed by atoms with E-state index in [0.29, 0.717) is 27.3 Å². The Labute approximate surface area is 168 Å². The topological polar surface area (TPSA) is 59.1 Å². The van der Waals surface area contributed by atoms with Crippen molar-refractivity contribution in [3.63, 3.8) is 0 Å². The Kier molecular flexibility index (Phi) is 6.38. The zero-order chi connectivity index (χ0) is 19.4. The van der Waals surface area contributed by atoms with Gasteiger partial charge in [0.05, 0.1) is 11.5 Å². The average Bonchev–Trinajstić information content (AvgIpc) is 3.27. The van der Waals surface area contributed by atoms with Crippen LogP contribution in [-0.4, -0.2) is 59.3 Å². The minimum absolute atomic E-state index is 0.00604. The third-order valence-electron chi connectivity index (χ3n) is 4.36. The van der Waals surface area contributed by atoms with Crippen LogP contribution in [-0.2, 0) is 9.59 Å². The van der Waals surface area contributed by atoms with Crippen LogP contribution in [0.1, 0.15) is 25.3 Å². The van der Waals surface area contributed by atoms with Gasteiger partial charge >= 0.3 is 0 Å². The Bertz CT molecular complexity index is 788. The summed E-state index contributed by atoms with van der Waals surface area (Å²) in [6.45, 7) is 3.95. The molecule has 3 rings (SSSR count). The largest absolute Gasteiger partial charge is 0.490 e. The molecule has 27 heavy (non-hydrogen) atoms. The van der Waals surface area contributed by atoms with E-state index in [9.17, 15) is 9.59 Å². The smallest absolute Gasteiger partial charge is 0.265 e. The van der Waals surface area contributed by atoms with E-state index in [1.165, 1.54) is 16.7 Å². The number of hydrogen-bond donors (Lipinski definition) is 0. The first-order valence-corrected chi connectivity index (χ1v) is 10.1. The molecule has 2 amide bonds. The molecule has 0 unspecified atom stereocenters. The van der Waals surface area contributed by atoms with Crippen molar-refractivity contribution in [3.8, 4) is 11.5 Å². The highest BCUT2D eigenvalue weighted by Crippen LogP contribution is 2.34. The standard InChI is InChI=1S/C19H22N2O4S2/c1-3-24-15-10-13(11-16-18(23)20(2)19(26)27-16)6-7-14(15)25-12-17(22)21-8-4-5-9-21/h6-7,10-11H,3-5,8-9,12H2,1-2H3/b16-11-. The summed E-state index contributed by atoms with van der Waals surface area (Å²) in [4.78, 5) is 28.2. The first-order valence-electron chi connectivity index (χ1n) is 8.88. The summed E-state index contributed by atoms with van der Waals surface area (Å²) in [5, 5.41) is 0. The molecular formula is C19H22N2O4S2. The summed E-state index contributed by atoms with van der Waals surface area (Å²) >= 11 is 6.43. The van der Waals surface area contributed by atoms with Gasteiger partial charge in [-0.05, 0) is 43.5 Å². The second kappa shape index (κ2) is 8.75.